The van der Waals surface area contributed by atoms with Crippen molar-refractivity contribution in [2.45, 2.75) is 13.0 Å². The summed E-state index contributed by atoms with van der Waals surface area (Å²) in [5.74, 6) is -0.429. The van der Waals surface area contributed by atoms with Crippen LogP contribution >= 0.6 is 15.9 Å². The smallest absolute Gasteiger partial charge is 0.408 e. The normalized spacial score (nSPS) is 12.7. The van der Waals surface area contributed by atoms with E-state index in [2.05, 4.69) is 45.3 Å². The predicted molar refractivity (Wildman–Crippen MR) is 86.6 cm³/mol. The number of aromatic amines is 1. The summed E-state index contributed by atoms with van der Waals surface area (Å²) in [4.78, 5) is 13.9. The molecule has 0 aliphatic carbocycles. The van der Waals surface area contributed by atoms with Crippen LogP contribution in [0.1, 0.15) is 22.7 Å². The van der Waals surface area contributed by atoms with Crippen LogP contribution in [0.5, 0.6) is 0 Å². The van der Waals surface area contributed by atoms with Crippen LogP contribution in [0.15, 0.2) is 50.1 Å². The highest BCUT2D eigenvalue weighted by atomic mass is 79.9. The highest BCUT2D eigenvalue weighted by Crippen LogP contribution is 2.28. The molecule has 4 nitrogen and oxygen atoms in total. The van der Waals surface area contributed by atoms with E-state index < -0.39 is 5.76 Å². The number of hydrogen-bond acceptors (Lipinski definition) is 3. The number of rotatable bonds is 3. The number of halogens is 1. The number of hydrogen-bond donors (Lipinski definition) is 2. The molecule has 1 atom stereocenters. The number of benzene rings is 2. The first-order chi connectivity index (χ1) is 10.1. The van der Waals surface area contributed by atoms with Crippen molar-refractivity contribution in [3.63, 3.8) is 0 Å². The van der Waals surface area contributed by atoms with E-state index in [1.165, 1.54) is 11.1 Å². The molecule has 0 aliphatic heterocycles. The Kier molecular flexibility index (Phi) is 3.69. The lowest BCUT2D eigenvalue weighted by molar-refractivity contribution is 0.554. The Morgan fingerprint density at radius 2 is 2.05 bits per heavy atom. The fourth-order valence-electron chi connectivity index (χ4n) is 2.57. The van der Waals surface area contributed by atoms with Crippen molar-refractivity contribution in [2.24, 2.45) is 0 Å². The summed E-state index contributed by atoms with van der Waals surface area (Å²) in [6, 6.07) is 12.0. The third-order valence-electron chi connectivity index (χ3n) is 3.62. The third kappa shape index (κ3) is 2.66. The second-order valence-electron chi connectivity index (χ2n) is 4.99. The Morgan fingerprint density at radius 3 is 2.81 bits per heavy atom. The van der Waals surface area contributed by atoms with Gasteiger partial charge in [0.05, 0.1) is 11.6 Å². The lowest BCUT2D eigenvalue weighted by Crippen LogP contribution is -2.18. The van der Waals surface area contributed by atoms with Crippen LogP contribution in [0.25, 0.3) is 11.1 Å². The van der Waals surface area contributed by atoms with E-state index in [4.69, 9.17) is 4.42 Å². The van der Waals surface area contributed by atoms with Crippen molar-refractivity contribution in [1.29, 1.82) is 0 Å². The van der Waals surface area contributed by atoms with Gasteiger partial charge in [-0.1, -0.05) is 28.1 Å². The van der Waals surface area contributed by atoms with E-state index in [9.17, 15) is 4.79 Å². The van der Waals surface area contributed by atoms with Gasteiger partial charge in [0, 0.05) is 4.47 Å². The Hall–Kier alpha value is -1.85. The number of oxazole rings is 1. The van der Waals surface area contributed by atoms with E-state index in [1.807, 2.05) is 31.3 Å². The zero-order valence-corrected chi connectivity index (χ0v) is 13.3. The van der Waals surface area contributed by atoms with Crippen LogP contribution in [-0.2, 0) is 0 Å². The average molecular weight is 347 g/mol. The Labute approximate surface area is 130 Å². The number of H-pyrrole nitrogens is 1. The van der Waals surface area contributed by atoms with Crippen LogP contribution in [0.4, 0.5) is 0 Å². The van der Waals surface area contributed by atoms with Gasteiger partial charge in [-0.3, -0.25) is 4.98 Å². The van der Waals surface area contributed by atoms with Crippen molar-refractivity contribution < 1.29 is 4.42 Å². The van der Waals surface area contributed by atoms with Gasteiger partial charge in [-0.15, -0.1) is 0 Å². The largest absolute Gasteiger partial charge is 0.417 e. The molecule has 0 bridgehead atoms. The monoisotopic (exact) mass is 346 g/mol. The van der Waals surface area contributed by atoms with E-state index in [0.29, 0.717) is 11.1 Å². The first-order valence-corrected chi connectivity index (χ1v) is 7.44. The fraction of sp³-hybridized carbons (Fsp3) is 0.188. The minimum atomic E-state index is -0.429. The highest BCUT2D eigenvalue weighted by molar-refractivity contribution is 9.10. The van der Waals surface area contributed by atoms with Gasteiger partial charge < -0.3 is 9.73 Å². The zero-order valence-electron chi connectivity index (χ0n) is 11.7. The molecule has 1 aromatic heterocycles. The van der Waals surface area contributed by atoms with Gasteiger partial charge in [0.2, 0.25) is 0 Å². The predicted octanol–water partition coefficient (Wildman–Crippen LogP) is 3.50. The van der Waals surface area contributed by atoms with E-state index in [0.717, 1.165) is 10.0 Å². The second kappa shape index (κ2) is 5.50. The van der Waals surface area contributed by atoms with Crippen molar-refractivity contribution in [1.82, 2.24) is 10.3 Å². The summed E-state index contributed by atoms with van der Waals surface area (Å²) in [6.07, 6.45) is 0. The van der Waals surface area contributed by atoms with Gasteiger partial charge in [-0.05, 0) is 54.9 Å². The van der Waals surface area contributed by atoms with Crippen LogP contribution in [0, 0.1) is 6.92 Å². The summed E-state index contributed by atoms with van der Waals surface area (Å²) < 4.78 is 6.18. The molecule has 0 radical (unpaired) electrons. The maximum absolute atomic E-state index is 11.3. The van der Waals surface area contributed by atoms with Crippen LogP contribution in [0.3, 0.4) is 0 Å². The molecule has 2 N–H and O–H groups in total. The van der Waals surface area contributed by atoms with Gasteiger partial charge in [-0.2, -0.15) is 0 Å². The quantitative estimate of drug-likeness (QED) is 0.762. The molecular weight excluding hydrogens is 332 g/mol. The van der Waals surface area contributed by atoms with Crippen LogP contribution in [-0.4, -0.2) is 12.0 Å². The molecular formula is C16H15BrN2O2. The lowest BCUT2D eigenvalue weighted by atomic mass is 9.95. The van der Waals surface area contributed by atoms with Gasteiger partial charge in [-0.25, -0.2) is 4.79 Å². The minimum Gasteiger partial charge on any atom is -0.408 e. The molecule has 3 rings (SSSR count). The average Bonchev–Trinajstić information content (AvgIpc) is 2.83. The molecule has 108 valence electrons. The minimum absolute atomic E-state index is 0.0344. The van der Waals surface area contributed by atoms with E-state index >= 15 is 0 Å². The summed E-state index contributed by atoms with van der Waals surface area (Å²) in [5, 5.41) is 3.32. The lowest BCUT2D eigenvalue weighted by Gasteiger charge is -2.19. The summed E-state index contributed by atoms with van der Waals surface area (Å²) in [6.45, 7) is 2.08. The highest BCUT2D eigenvalue weighted by Gasteiger charge is 2.16. The maximum atomic E-state index is 11.3. The molecule has 0 saturated carbocycles. The standard InChI is InChI=1S/C16H15BrN2O2/c1-9-3-5-11(17)8-12(9)15(18-2)10-4-6-13-14(7-10)21-16(20)19-13/h3-8,15,18H,1-2H3,(H,19,20). The van der Waals surface area contributed by atoms with Crippen molar-refractivity contribution in [3.8, 4) is 0 Å². The summed E-state index contributed by atoms with van der Waals surface area (Å²) >= 11 is 3.52. The van der Waals surface area contributed by atoms with E-state index in [1.54, 1.807) is 0 Å². The molecule has 0 spiro atoms. The van der Waals surface area contributed by atoms with Crippen molar-refractivity contribution in [3.05, 3.63) is 68.1 Å². The molecule has 0 amide bonds. The SMILES string of the molecule is CNC(c1ccc2[nH]c(=O)oc2c1)c1cc(Br)ccc1C. The fourth-order valence-corrected chi connectivity index (χ4v) is 2.94. The van der Waals surface area contributed by atoms with Crippen molar-refractivity contribution in [2.75, 3.05) is 7.05 Å². The Balaban J connectivity index is 2.12. The molecule has 1 unspecified atom stereocenters. The van der Waals surface area contributed by atoms with Crippen LogP contribution < -0.4 is 11.1 Å². The zero-order chi connectivity index (χ0) is 15.0. The first-order valence-electron chi connectivity index (χ1n) is 6.64. The molecule has 21 heavy (non-hydrogen) atoms. The van der Waals surface area contributed by atoms with Crippen LogP contribution in [0.2, 0.25) is 0 Å². The summed E-state index contributed by atoms with van der Waals surface area (Å²) in [7, 11) is 1.92. The van der Waals surface area contributed by atoms with Gasteiger partial charge in [0.1, 0.15) is 0 Å². The Bertz CT molecular complexity index is 851. The molecule has 2 aromatic carbocycles. The number of fused-ring (bicyclic) bond motifs is 1. The van der Waals surface area contributed by atoms with Crippen molar-refractivity contribution >= 4 is 27.0 Å². The summed E-state index contributed by atoms with van der Waals surface area (Å²) in [5.41, 5.74) is 4.72. The van der Waals surface area contributed by atoms with Gasteiger partial charge in [0.15, 0.2) is 5.58 Å². The molecule has 1 heterocycles. The molecule has 5 heteroatoms. The third-order valence-corrected chi connectivity index (χ3v) is 4.11. The molecule has 0 fully saturated rings. The molecule has 0 aliphatic rings. The Morgan fingerprint density at radius 1 is 1.24 bits per heavy atom. The molecule has 0 saturated heterocycles. The maximum Gasteiger partial charge on any atom is 0.417 e. The number of nitrogens with one attached hydrogen (secondary N) is 2. The van der Waals surface area contributed by atoms with Gasteiger partial charge in [0.25, 0.3) is 0 Å². The van der Waals surface area contributed by atoms with Gasteiger partial charge >= 0.3 is 5.76 Å². The van der Waals surface area contributed by atoms with E-state index in [-0.39, 0.29) is 6.04 Å². The molecule has 3 aromatic rings. The second-order valence-corrected chi connectivity index (χ2v) is 5.91. The first kappa shape index (κ1) is 14.1. The topological polar surface area (TPSA) is 58.0 Å². The number of aryl methyl sites for hydroxylation is 1. The number of aromatic nitrogens is 1.